The van der Waals surface area contributed by atoms with Gasteiger partial charge in [-0.2, -0.15) is 0 Å². The molecule has 0 bridgehead atoms. The number of aryl methyl sites for hydroxylation is 1. The summed E-state index contributed by atoms with van der Waals surface area (Å²) in [7, 11) is 3.37. The SMILES string of the molecule is COc1ccc(C2(c3ccc(OC)cc3)C=Cc3c4c(c5cc(C)ccc5c3O2)C=C(C(c2ccccc2)c2ccccc2)OC4)cc1. The predicted octanol–water partition coefficient (Wildman–Crippen LogP) is 10.2. The summed E-state index contributed by atoms with van der Waals surface area (Å²) in [5.41, 5.74) is 8.07. The molecular formula is C44H36O4. The van der Waals surface area contributed by atoms with Crippen molar-refractivity contribution in [3.05, 3.63) is 184 Å². The fourth-order valence-electron chi connectivity index (χ4n) is 7.14. The molecule has 0 fully saturated rings. The number of ether oxygens (including phenoxy) is 4. The number of hydrogen-bond donors (Lipinski definition) is 0. The number of rotatable bonds is 7. The molecule has 0 unspecified atom stereocenters. The van der Waals surface area contributed by atoms with Gasteiger partial charge >= 0.3 is 0 Å². The summed E-state index contributed by atoms with van der Waals surface area (Å²) in [6, 6.07) is 44.1. The van der Waals surface area contributed by atoms with Crippen LogP contribution >= 0.6 is 0 Å². The summed E-state index contributed by atoms with van der Waals surface area (Å²) >= 11 is 0. The molecule has 8 rings (SSSR count). The van der Waals surface area contributed by atoms with Gasteiger partial charge in [-0.05, 0) is 65.4 Å². The van der Waals surface area contributed by atoms with Gasteiger partial charge < -0.3 is 18.9 Å². The molecule has 0 amide bonds. The van der Waals surface area contributed by atoms with E-state index < -0.39 is 5.60 Å². The Labute approximate surface area is 281 Å². The number of fused-ring (bicyclic) bond motifs is 6. The molecule has 0 spiro atoms. The molecule has 2 heterocycles. The van der Waals surface area contributed by atoms with Crippen LogP contribution in [0.1, 0.15) is 50.4 Å². The van der Waals surface area contributed by atoms with E-state index in [4.69, 9.17) is 18.9 Å². The van der Waals surface area contributed by atoms with E-state index in [1.807, 2.05) is 24.3 Å². The predicted molar refractivity (Wildman–Crippen MR) is 193 cm³/mol. The van der Waals surface area contributed by atoms with Crippen LogP contribution in [0.25, 0.3) is 22.9 Å². The van der Waals surface area contributed by atoms with E-state index in [0.29, 0.717) is 6.61 Å². The Kier molecular flexibility index (Phi) is 7.49. The van der Waals surface area contributed by atoms with Crippen LogP contribution in [0.2, 0.25) is 0 Å². The minimum absolute atomic E-state index is 0.0268. The molecule has 6 aromatic rings. The Hall–Kier alpha value is -5.74. The second-order valence-electron chi connectivity index (χ2n) is 12.4. The van der Waals surface area contributed by atoms with Crippen molar-refractivity contribution in [2.75, 3.05) is 14.2 Å². The van der Waals surface area contributed by atoms with Crippen LogP contribution in [0.5, 0.6) is 17.2 Å². The van der Waals surface area contributed by atoms with Crippen LogP contribution in [-0.4, -0.2) is 14.2 Å². The maximum atomic E-state index is 7.33. The third kappa shape index (κ3) is 5.01. The molecule has 236 valence electrons. The summed E-state index contributed by atoms with van der Waals surface area (Å²) < 4.78 is 25.1. The van der Waals surface area contributed by atoms with Gasteiger partial charge in [-0.15, -0.1) is 0 Å². The molecule has 48 heavy (non-hydrogen) atoms. The van der Waals surface area contributed by atoms with Gasteiger partial charge in [0, 0.05) is 27.6 Å². The molecule has 0 atom stereocenters. The van der Waals surface area contributed by atoms with Gasteiger partial charge in [0.1, 0.15) is 29.6 Å². The van der Waals surface area contributed by atoms with Crippen molar-refractivity contribution in [2.24, 2.45) is 0 Å². The fraction of sp³-hybridized carbons (Fsp3) is 0.136. The van der Waals surface area contributed by atoms with Crippen LogP contribution in [-0.2, 0) is 16.9 Å². The topological polar surface area (TPSA) is 36.9 Å². The molecule has 0 saturated heterocycles. The van der Waals surface area contributed by atoms with Crippen LogP contribution in [0.15, 0.2) is 139 Å². The second kappa shape index (κ2) is 12.1. The third-order valence-electron chi connectivity index (χ3n) is 9.61. The first-order chi connectivity index (χ1) is 23.6. The standard InChI is InChI=1S/C44H36O4/c1-29-14-23-36-38(26-29)39-27-41(42(30-10-6-4-7-11-30)31-12-8-5-9-13-31)47-28-40(39)37-24-25-44(48-43(36)37,32-15-19-34(45-2)20-16-32)33-17-21-35(46-3)22-18-33/h4-27,42H,28H2,1-3H3. The first kappa shape index (κ1) is 29.6. The lowest BCUT2D eigenvalue weighted by molar-refractivity contribution is 0.160. The minimum Gasteiger partial charge on any atom is -0.497 e. The summed E-state index contributed by atoms with van der Waals surface area (Å²) in [6.45, 7) is 2.58. The smallest absolute Gasteiger partial charge is 0.178 e. The van der Waals surface area contributed by atoms with Gasteiger partial charge in [0.05, 0.1) is 20.1 Å². The van der Waals surface area contributed by atoms with Crippen molar-refractivity contribution < 1.29 is 18.9 Å². The molecule has 0 aliphatic carbocycles. The Bertz CT molecular complexity index is 2080. The summed E-state index contributed by atoms with van der Waals surface area (Å²) in [5, 5.41) is 2.22. The number of hydrogen-bond acceptors (Lipinski definition) is 4. The Morgan fingerprint density at radius 2 is 1.23 bits per heavy atom. The largest absolute Gasteiger partial charge is 0.497 e. The average molecular weight is 629 g/mol. The molecule has 0 N–H and O–H groups in total. The van der Waals surface area contributed by atoms with Crippen LogP contribution in [0.4, 0.5) is 0 Å². The quantitative estimate of drug-likeness (QED) is 0.176. The Morgan fingerprint density at radius 1 is 0.646 bits per heavy atom. The zero-order chi connectivity index (χ0) is 32.7. The molecule has 2 aliphatic heterocycles. The van der Waals surface area contributed by atoms with Crippen molar-refractivity contribution >= 4 is 22.9 Å². The molecule has 0 radical (unpaired) electrons. The highest BCUT2D eigenvalue weighted by Gasteiger charge is 2.39. The average Bonchev–Trinajstić information content (AvgIpc) is 3.15. The monoisotopic (exact) mass is 628 g/mol. The van der Waals surface area contributed by atoms with Gasteiger partial charge in [0.2, 0.25) is 0 Å². The summed E-state index contributed by atoms with van der Waals surface area (Å²) in [4.78, 5) is 0. The first-order valence-electron chi connectivity index (χ1n) is 16.3. The van der Waals surface area contributed by atoms with E-state index in [0.717, 1.165) is 56.0 Å². The van der Waals surface area contributed by atoms with Crippen molar-refractivity contribution in [3.8, 4) is 17.2 Å². The lowest BCUT2D eigenvalue weighted by atomic mass is 9.81. The van der Waals surface area contributed by atoms with Crippen LogP contribution in [0, 0.1) is 6.92 Å². The van der Waals surface area contributed by atoms with Gasteiger partial charge in [-0.25, -0.2) is 0 Å². The van der Waals surface area contributed by atoms with Crippen molar-refractivity contribution in [3.63, 3.8) is 0 Å². The van der Waals surface area contributed by atoms with E-state index in [2.05, 4.69) is 128 Å². The lowest BCUT2D eigenvalue weighted by Gasteiger charge is -2.38. The van der Waals surface area contributed by atoms with Gasteiger partial charge in [-0.3, -0.25) is 0 Å². The molecule has 4 heteroatoms. The highest BCUT2D eigenvalue weighted by molar-refractivity contribution is 6.01. The molecule has 6 aromatic carbocycles. The second-order valence-corrected chi connectivity index (χ2v) is 12.4. The van der Waals surface area contributed by atoms with Gasteiger partial charge in [0.25, 0.3) is 0 Å². The number of allylic oxidation sites excluding steroid dienone is 1. The molecular weight excluding hydrogens is 592 g/mol. The maximum Gasteiger partial charge on any atom is 0.178 e. The van der Waals surface area contributed by atoms with Crippen molar-refractivity contribution in [1.29, 1.82) is 0 Å². The summed E-state index contributed by atoms with van der Waals surface area (Å²) in [6.07, 6.45) is 6.66. The van der Waals surface area contributed by atoms with E-state index >= 15 is 0 Å². The van der Waals surface area contributed by atoms with E-state index in [-0.39, 0.29) is 5.92 Å². The zero-order valence-electron chi connectivity index (χ0n) is 27.3. The minimum atomic E-state index is -0.875. The summed E-state index contributed by atoms with van der Waals surface area (Å²) in [5.74, 6) is 3.35. The maximum absolute atomic E-state index is 7.33. The van der Waals surface area contributed by atoms with Crippen LogP contribution in [0.3, 0.4) is 0 Å². The number of methoxy groups -OCH3 is 2. The zero-order valence-corrected chi connectivity index (χ0v) is 27.3. The normalized spacial score (nSPS) is 14.4. The Morgan fingerprint density at radius 3 is 1.79 bits per heavy atom. The fourth-order valence-corrected chi connectivity index (χ4v) is 7.14. The first-order valence-corrected chi connectivity index (χ1v) is 16.3. The molecule has 0 saturated carbocycles. The highest BCUT2D eigenvalue weighted by atomic mass is 16.5. The van der Waals surface area contributed by atoms with Crippen LogP contribution < -0.4 is 14.2 Å². The van der Waals surface area contributed by atoms with Gasteiger partial charge in [-0.1, -0.05) is 115 Å². The highest BCUT2D eigenvalue weighted by Crippen LogP contribution is 2.50. The van der Waals surface area contributed by atoms with Gasteiger partial charge in [0.15, 0.2) is 5.60 Å². The van der Waals surface area contributed by atoms with Crippen molar-refractivity contribution in [2.45, 2.75) is 25.0 Å². The number of benzene rings is 6. The third-order valence-corrected chi connectivity index (χ3v) is 9.61. The van der Waals surface area contributed by atoms with Crippen molar-refractivity contribution in [1.82, 2.24) is 0 Å². The van der Waals surface area contributed by atoms with E-state index in [1.165, 1.54) is 22.3 Å². The Balaban J connectivity index is 1.33. The molecule has 4 nitrogen and oxygen atoms in total. The molecule has 2 aliphatic rings. The van der Waals surface area contributed by atoms with E-state index in [1.54, 1.807) is 14.2 Å². The lowest BCUT2D eigenvalue weighted by Crippen LogP contribution is -2.34. The molecule has 0 aromatic heterocycles. The van der Waals surface area contributed by atoms with E-state index in [9.17, 15) is 0 Å².